The van der Waals surface area contributed by atoms with Crippen LogP contribution in [-0.2, 0) is 0 Å². The first-order valence-corrected chi connectivity index (χ1v) is 8.31. The Bertz CT molecular complexity index is 860. The van der Waals surface area contributed by atoms with Gasteiger partial charge in [0.15, 0.2) is 0 Å². The molecule has 0 unspecified atom stereocenters. The van der Waals surface area contributed by atoms with Crippen molar-refractivity contribution in [1.82, 2.24) is 5.32 Å². The normalized spacial score (nSPS) is 11.3. The average Bonchev–Trinajstić information content (AvgIpc) is 2.79. The number of nitrogens with one attached hydrogen (secondary N) is 2. The molecule has 5 nitrogen and oxygen atoms in total. The number of alkyl halides is 3. The van der Waals surface area contributed by atoms with Crippen molar-refractivity contribution in [2.45, 2.75) is 26.9 Å². The van der Waals surface area contributed by atoms with E-state index in [0.717, 1.165) is 0 Å². The number of carbonyl (C=O) groups excluding carboxylic acids is 2. The maximum absolute atomic E-state index is 12.5. The standard InChI is InChI=1S/C17H16BrF3N2O3/c1-8-4-5-11(15(24)22-7-17(19,20)21)6-12(8)23-16(25)13-9(2)26-10(3)14(13)18/h4-6H,7H2,1-3H3,(H,22,24)(H,23,25). The molecule has 0 aliphatic heterocycles. The fourth-order valence-corrected chi connectivity index (χ4v) is 2.82. The summed E-state index contributed by atoms with van der Waals surface area (Å²) in [6.07, 6.45) is -4.50. The van der Waals surface area contributed by atoms with Gasteiger partial charge in [-0.15, -0.1) is 0 Å². The van der Waals surface area contributed by atoms with Gasteiger partial charge in [0, 0.05) is 11.3 Å². The van der Waals surface area contributed by atoms with Crippen molar-refractivity contribution in [1.29, 1.82) is 0 Å². The molecule has 2 amide bonds. The molecule has 0 radical (unpaired) electrons. The molecule has 0 saturated carbocycles. The molecule has 9 heteroatoms. The summed E-state index contributed by atoms with van der Waals surface area (Å²) in [5.41, 5.74) is 1.29. The van der Waals surface area contributed by atoms with Crippen LogP contribution in [-0.4, -0.2) is 24.5 Å². The van der Waals surface area contributed by atoms with Crippen LogP contribution in [0.2, 0.25) is 0 Å². The van der Waals surface area contributed by atoms with E-state index in [1.807, 2.05) is 0 Å². The Balaban J connectivity index is 2.22. The number of hydrogen-bond acceptors (Lipinski definition) is 3. The topological polar surface area (TPSA) is 71.3 Å². The minimum absolute atomic E-state index is 0.00862. The van der Waals surface area contributed by atoms with Crippen molar-refractivity contribution in [2.75, 3.05) is 11.9 Å². The van der Waals surface area contributed by atoms with Crippen molar-refractivity contribution >= 4 is 33.4 Å². The van der Waals surface area contributed by atoms with Crippen molar-refractivity contribution in [3.8, 4) is 0 Å². The van der Waals surface area contributed by atoms with E-state index in [-0.39, 0.29) is 5.56 Å². The highest BCUT2D eigenvalue weighted by Crippen LogP contribution is 2.28. The molecule has 26 heavy (non-hydrogen) atoms. The molecule has 0 atom stereocenters. The summed E-state index contributed by atoms with van der Waals surface area (Å²) in [5.74, 6) is -0.371. The minimum atomic E-state index is -4.50. The number of carbonyl (C=O) groups is 2. The molecule has 1 heterocycles. The molecule has 0 spiro atoms. The van der Waals surface area contributed by atoms with E-state index >= 15 is 0 Å². The van der Waals surface area contributed by atoms with Crippen molar-refractivity contribution in [2.24, 2.45) is 0 Å². The van der Waals surface area contributed by atoms with E-state index < -0.39 is 24.5 Å². The summed E-state index contributed by atoms with van der Waals surface area (Å²) in [7, 11) is 0. The monoisotopic (exact) mass is 432 g/mol. The fourth-order valence-electron chi connectivity index (χ4n) is 2.28. The number of hydrogen-bond donors (Lipinski definition) is 2. The van der Waals surface area contributed by atoms with E-state index in [1.165, 1.54) is 12.1 Å². The molecule has 2 rings (SSSR count). The van der Waals surface area contributed by atoms with Gasteiger partial charge in [-0.05, 0) is 54.4 Å². The molecule has 0 aliphatic carbocycles. The lowest BCUT2D eigenvalue weighted by Gasteiger charge is -2.12. The van der Waals surface area contributed by atoms with Crippen molar-refractivity contribution in [3.05, 3.63) is 50.9 Å². The zero-order valence-electron chi connectivity index (χ0n) is 14.2. The maximum Gasteiger partial charge on any atom is 0.405 e. The molecule has 2 N–H and O–H groups in total. The third kappa shape index (κ3) is 4.66. The Morgan fingerprint density at radius 1 is 1.12 bits per heavy atom. The third-order valence-electron chi connectivity index (χ3n) is 3.61. The van der Waals surface area contributed by atoms with E-state index in [0.29, 0.717) is 32.8 Å². The molecule has 1 aromatic heterocycles. The van der Waals surface area contributed by atoms with Gasteiger partial charge in [-0.2, -0.15) is 13.2 Å². The Morgan fingerprint density at radius 3 is 2.31 bits per heavy atom. The van der Waals surface area contributed by atoms with Crippen LogP contribution in [0.4, 0.5) is 18.9 Å². The SMILES string of the molecule is Cc1ccc(C(=O)NCC(F)(F)F)cc1NC(=O)c1c(C)oc(C)c1Br. The summed E-state index contributed by atoms with van der Waals surface area (Å²) >= 11 is 3.29. The van der Waals surface area contributed by atoms with Crippen LogP contribution in [0.25, 0.3) is 0 Å². The fraction of sp³-hybridized carbons (Fsp3) is 0.294. The first kappa shape index (κ1) is 20.0. The Morgan fingerprint density at radius 2 is 1.77 bits per heavy atom. The van der Waals surface area contributed by atoms with Crippen molar-refractivity contribution in [3.63, 3.8) is 0 Å². The molecule has 0 fully saturated rings. The summed E-state index contributed by atoms with van der Waals surface area (Å²) in [6.45, 7) is 3.61. The quantitative estimate of drug-likeness (QED) is 0.746. The lowest BCUT2D eigenvalue weighted by atomic mass is 10.1. The minimum Gasteiger partial charge on any atom is -0.465 e. The van der Waals surface area contributed by atoms with Crippen molar-refractivity contribution < 1.29 is 27.2 Å². The molecular formula is C17H16BrF3N2O3. The predicted octanol–water partition coefficient (Wildman–Crippen LogP) is 4.51. The number of rotatable bonds is 4. The summed E-state index contributed by atoms with van der Waals surface area (Å²) < 4.78 is 42.6. The molecule has 0 bridgehead atoms. The molecule has 0 aliphatic rings. The highest BCUT2D eigenvalue weighted by atomic mass is 79.9. The van der Waals surface area contributed by atoms with Crippen LogP contribution in [0.5, 0.6) is 0 Å². The van der Waals surface area contributed by atoms with Gasteiger partial charge in [0.25, 0.3) is 11.8 Å². The highest BCUT2D eigenvalue weighted by Gasteiger charge is 2.28. The van der Waals surface area contributed by atoms with Gasteiger partial charge in [-0.25, -0.2) is 0 Å². The second kappa shape index (κ2) is 7.53. The van der Waals surface area contributed by atoms with Crippen LogP contribution in [0.15, 0.2) is 27.1 Å². The van der Waals surface area contributed by atoms with Gasteiger partial charge < -0.3 is 15.1 Å². The van der Waals surface area contributed by atoms with Gasteiger partial charge in [-0.3, -0.25) is 9.59 Å². The molecule has 0 saturated heterocycles. The second-order valence-corrected chi connectivity index (χ2v) is 6.48. The number of halogens is 4. The van der Waals surface area contributed by atoms with Crippen LogP contribution in [0.3, 0.4) is 0 Å². The number of amides is 2. The summed E-state index contributed by atoms with van der Waals surface area (Å²) in [4.78, 5) is 24.4. The van der Waals surface area contributed by atoms with E-state index in [9.17, 15) is 22.8 Å². The molecule has 1 aromatic carbocycles. The number of benzene rings is 1. The smallest absolute Gasteiger partial charge is 0.405 e. The zero-order valence-corrected chi connectivity index (χ0v) is 15.8. The number of anilines is 1. The van der Waals surface area contributed by atoms with Crippen LogP contribution >= 0.6 is 15.9 Å². The third-order valence-corrected chi connectivity index (χ3v) is 4.57. The van der Waals surface area contributed by atoms with Crippen LogP contribution in [0, 0.1) is 20.8 Å². The van der Waals surface area contributed by atoms with E-state index in [4.69, 9.17) is 4.42 Å². The van der Waals surface area contributed by atoms with Gasteiger partial charge in [0.1, 0.15) is 18.1 Å². The molecular weight excluding hydrogens is 417 g/mol. The predicted molar refractivity (Wildman–Crippen MR) is 93.4 cm³/mol. The largest absolute Gasteiger partial charge is 0.465 e. The van der Waals surface area contributed by atoms with Gasteiger partial charge in [0.05, 0.1) is 10.0 Å². The van der Waals surface area contributed by atoms with E-state index in [1.54, 1.807) is 32.2 Å². The first-order valence-electron chi connectivity index (χ1n) is 7.52. The lowest BCUT2D eigenvalue weighted by Crippen LogP contribution is -2.33. The zero-order chi connectivity index (χ0) is 19.6. The van der Waals surface area contributed by atoms with Crippen LogP contribution < -0.4 is 10.6 Å². The average molecular weight is 433 g/mol. The first-order chi connectivity index (χ1) is 12.0. The summed E-state index contributed by atoms with van der Waals surface area (Å²) in [5, 5.41) is 4.45. The lowest BCUT2D eigenvalue weighted by molar-refractivity contribution is -0.123. The van der Waals surface area contributed by atoms with E-state index in [2.05, 4.69) is 21.2 Å². The van der Waals surface area contributed by atoms with Crippen LogP contribution in [0.1, 0.15) is 37.8 Å². The second-order valence-electron chi connectivity index (χ2n) is 5.69. The molecule has 140 valence electrons. The van der Waals surface area contributed by atoms with Gasteiger partial charge in [0.2, 0.25) is 0 Å². The van der Waals surface area contributed by atoms with Gasteiger partial charge >= 0.3 is 6.18 Å². The highest BCUT2D eigenvalue weighted by molar-refractivity contribution is 9.10. The Hall–Kier alpha value is -2.29. The summed E-state index contributed by atoms with van der Waals surface area (Å²) in [6, 6.07) is 4.26. The maximum atomic E-state index is 12.5. The Labute approximate surface area is 156 Å². The van der Waals surface area contributed by atoms with Gasteiger partial charge in [-0.1, -0.05) is 6.07 Å². The Kier molecular flexibility index (Phi) is 5.80. The number of aryl methyl sites for hydroxylation is 3. The number of furan rings is 1. The molecule has 2 aromatic rings.